The number of carbonyl (C=O) groups excluding carboxylic acids is 1. The van der Waals surface area contributed by atoms with Crippen LogP contribution in [-0.4, -0.2) is 44.1 Å². The Morgan fingerprint density at radius 3 is 2.50 bits per heavy atom. The highest BCUT2D eigenvalue weighted by molar-refractivity contribution is 5.93. The topological polar surface area (TPSA) is 60.6 Å². The largest absolute Gasteiger partial charge is 0.335 e. The second-order valence-electron chi connectivity index (χ2n) is 4.57. The number of nitriles is 1. The van der Waals surface area contributed by atoms with Crippen LogP contribution in [0.4, 0.5) is 0 Å². The van der Waals surface area contributed by atoms with Crippen molar-refractivity contribution in [2.75, 3.05) is 33.2 Å². The van der Waals surface area contributed by atoms with Gasteiger partial charge in [0.05, 0.1) is 44.9 Å². The number of nitrogens with one attached hydrogen (secondary N) is 2. The Kier molecular flexibility index (Phi) is 3.92. The maximum atomic E-state index is 12.0. The Morgan fingerprint density at radius 1 is 1.33 bits per heavy atom. The standard InChI is InChI=1S/C13H16N4O/c1-16-6-8-17(9-7-16)15-13(18)12-4-2-11(10-14)3-5-12/h2-5H,6-9H2,1H3,(H,15,18)/p+1. The van der Waals surface area contributed by atoms with E-state index < -0.39 is 0 Å². The smallest absolute Gasteiger partial charge is 0.265 e. The molecule has 18 heavy (non-hydrogen) atoms. The van der Waals surface area contributed by atoms with Crippen LogP contribution < -0.4 is 10.3 Å². The number of piperazine rings is 1. The molecule has 1 heterocycles. The Balaban J connectivity index is 1.93. The summed E-state index contributed by atoms with van der Waals surface area (Å²) in [6.07, 6.45) is 0. The minimum absolute atomic E-state index is 0.112. The molecule has 2 rings (SSSR count). The van der Waals surface area contributed by atoms with E-state index >= 15 is 0 Å². The lowest BCUT2D eigenvalue weighted by molar-refractivity contribution is -0.884. The summed E-state index contributed by atoms with van der Waals surface area (Å²) in [5, 5.41) is 10.6. The highest BCUT2D eigenvalue weighted by Gasteiger charge is 2.18. The molecule has 0 bridgehead atoms. The van der Waals surface area contributed by atoms with Gasteiger partial charge in [0.2, 0.25) is 0 Å². The number of amides is 1. The molecule has 5 nitrogen and oxygen atoms in total. The van der Waals surface area contributed by atoms with Crippen molar-refractivity contribution in [3.05, 3.63) is 35.4 Å². The molecule has 1 saturated heterocycles. The van der Waals surface area contributed by atoms with Crippen molar-refractivity contribution in [1.29, 1.82) is 5.26 Å². The Morgan fingerprint density at radius 2 is 1.94 bits per heavy atom. The SMILES string of the molecule is C[NH+]1CCN(NC(=O)c2ccc(C#N)cc2)CC1. The van der Waals surface area contributed by atoms with Crippen molar-refractivity contribution >= 4 is 5.91 Å². The Bertz CT molecular complexity index is 455. The molecule has 2 N–H and O–H groups in total. The zero-order chi connectivity index (χ0) is 13.0. The van der Waals surface area contributed by atoms with E-state index in [9.17, 15) is 4.79 Å². The second kappa shape index (κ2) is 5.63. The molecule has 94 valence electrons. The number of hydrazine groups is 1. The zero-order valence-electron chi connectivity index (χ0n) is 10.4. The third-order valence-electron chi connectivity index (χ3n) is 3.15. The van der Waals surface area contributed by atoms with Crippen LogP contribution in [0.25, 0.3) is 0 Å². The van der Waals surface area contributed by atoms with Crippen molar-refractivity contribution in [2.24, 2.45) is 0 Å². The number of carbonyl (C=O) groups is 1. The molecule has 1 aliphatic heterocycles. The van der Waals surface area contributed by atoms with Gasteiger partial charge in [-0.25, -0.2) is 5.01 Å². The molecule has 1 fully saturated rings. The average molecular weight is 245 g/mol. The van der Waals surface area contributed by atoms with Gasteiger partial charge >= 0.3 is 0 Å². The van der Waals surface area contributed by atoms with Gasteiger partial charge in [0, 0.05) is 5.56 Å². The van der Waals surface area contributed by atoms with Gasteiger partial charge in [-0.15, -0.1) is 0 Å². The molecule has 1 aliphatic rings. The van der Waals surface area contributed by atoms with E-state index in [1.807, 2.05) is 11.1 Å². The fourth-order valence-electron chi connectivity index (χ4n) is 1.90. The number of hydrogen-bond donors (Lipinski definition) is 2. The molecular formula is C13H17N4O+. The van der Waals surface area contributed by atoms with Crippen LogP contribution in [0.5, 0.6) is 0 Å². The first-order valence-corrected chi connectivity index (χ1v) is 6.06. The summed E-state index contributed by atoms with van der Waals surface area (Å²) in [6.45, 7) is 3.81. The van der Waals surface area contributed by atoms with E-state index in [2.05, 4.69) is 12.5 Å². The maximum absolute atomic E-state index is 12.0. The highest BCUT2D eigenvalue weighted by Crippen LogP contribution is 2.03. The van der Waals surface area contributed by atoms with E-state index in [0.29, 0.717) is 11.1 Å². The molecule has 0 aromatic heterocycles. The van der Waals surface area contributed by atoms with Gasteiger partial charge in [-0.2, -0.15) is 5.26 Å². The van der Waals surface area contributed by atoms with Crippen LogP contribution in [0.15, 0.2) is 24.3 Å². The molecule has 0 atom stereocenters. The minimum Gasteiger partial charge on any atom is -0.335 e. The van der Waals surface area contributed by atoms with E-state index in [1.165, 1.54) is 4.90 Å². The summed E-state index contributed by atoms with van der Waals surface area (Å²) in [7, 11) is 2.15. The van der Waals surface area contributed by atoms with Gasteiger partial charge in [0.15, 0.2) is 0 Å². The summed E-state index contributed by atoms with van der Waals surface area (Å²) in [5.41, 5.74) is 4.04. The quantitative estimate of drug-likeness (QED) is 0.705. The molecule has 0 unspecified atom stereocenters. The van der Waals surface area contributed by atoms with Gasteiger partial charge < -0.3 is 4.90 Å². The molecular weight excluding hydrogens is 228 g/mol. The molecule has 0 radical (unpaired) electrons. The number of hydrogen-bond acceptors (Lipinski definition) is 3. The van der Waals surface area contributed by atoms with Gasteiger partial charge in [-0.05, 0) is 24.3 Å². The third-order valence-corrected chi connectivity index (χ3v) is 3.15. The zero-order valence-corrected chi connectivity index (χ0v) is 10.4. The fraction of sp³-hybridized carbons (Fsp3) is 0.385. The van der Waals surface area contributed by atoms with Crippen molar-refractivity contribution in [1.82, 2.24) is 10.4 Å². The van der Waals surface area contributed by atoms with E-state index in [0.717, 1.165) is 26.2 Å². The van der Waals surface area contributed by atoms with Crippen molar-refractivity contribution in [2.45, 2.75) is 0 Å². The first kappa shape index (κ1) is 12.6. The molecule has 0 aliphatic carbocycles. The summed E-state index contributed by atoms with van der Waals surface area (Å²) < 4.78 is 0. The number of benzene rings is 1. The Hall–Kier alpha value is -1.90. The fourth-order valence-corrected chi connectivity index (χ4v) is 1.90. The normalized spacial score (nSPS) is 17.1. The number of rotatable bonds is 2. The molecule has 1 amide bonds. The third kappa shape index (κ3) is 3.06. The maximum Gasteiger partial charge on any atom is 0.265 e. The van der Waals surface area contributed by atoms with Crippen LogP contribution in [0.2, 0.25) is 0 Å². The lowest BCUT2D eigenvalue weighted by atomic mass is 10.1. The molecule has 5 heteroatoms. The van der Waals surface area contributed by atoms with Crippen molar-refractivity contribution < 1.29 is 9.69 Å². The van der Waals surface area contributed by atoms with Crippen LogP contribution >= 0.6 is 0 Å². The van der Waals surface area contributed by atoms with Gasteiger partial charge in [-0.3, -0.25) is 10.2 Å². The monoisotopic (exact) mass is 245 g/mol. The number of likely N-dealkylation sites (N-methyl/N-ethyl adjacent to an activating group) is 1. The van der Waals surface area contributed by atoms with E-state index in [-0.39, 0.29) is 5.91 Å². The highest BCUT2D eigenvalue weighted by atomic mass is 16.2. The molecule has 0 spiro atoms. The lowest BCUT2D eigenvalue weighted by Gasteiger charge is -2.30. The number of nitrogens with zero attached hydrogens (tertiary/aromatic N) is 2. The van der Waals surface area contributed by atoms with Crippen LogP contribution in [0, 0.1) is 11.3 Å². The van der Waals surface area contributed by atoms with Crippen LogP contribution in [0.3, 0.4) is 0 Å². The van der Waals surface area contributed by atoms with Gasteiger partial charge in [0.1, 0.15) is 0 Å². The minimum atomic E-state index is -0.112. The van der Waals surface area contributed by atoms with Crippen LogP contribution in [-0.2, 0) is 0 Å². The molecule has 0 saturated carbocycles. The van der Waals surface area contributed by atoms with E-state index in [4.69, 9.17) is 5.26 Å². The second-order valence-corrected chi connectivity index (χ2v) is 4.57. The summed E-state index contributed by atoms with van der Waals surface area (Å²) in [6, 6.07) is 8.70. The Labute approximate surface area is 107 Å². The lowest BCUT2D eigenvalue weighted by Crippen LogP contribution is -3.12. The van der Waals surface area contributed by atoms with Crippen LogP contribution in [0.1, 0.15) is 15.9 Å². The summed E-state index contributed by atoms with van der Waals surface area (Å²) >= 11 is 0. The van der Waals surface area contributed by atoms with Crippen molar-refractivity contribution in [3.8, 4) is 6.07 Å². The predicted molar refractivity (Wildman–Crippen MR) is 66.8 cm³/mol. The summed E-state index contributed by atoms with van der Waals surface area (Å²) in [4.78, 5) is 13.4. The summed E-state index contributed by atoms with van der Waals surface area (Å²) in [5.74, 6) is -0.112. The van der Waals surface area contributed by atoms with Gasteiger partial charge in [0.25, 0.3) is 5.91 Å². The van der Waals surface area contributed by atoms with Crippen molar-refractivity contribution in [3.63, 3.8) is 0 Å². The molecule has 1 aromatic carbocycles. The first-order chi connectivity index (χ1) is 8.69. The van der Waals surface area contributed by atoms with Gasteiger partial charge in [-0.1, -0.05) is 0 Å². The first-order valence-electron chi connectivity index (χ1n) is 6.06. The predicted octanol–water partition coefficient (Wildman–Crippen LogP) is -0.967. The average Bonchev–Trinajstić information content (AvgIpc) is 2.41. The number of quaternary nitrogens is 1. The molecule has 1 aromatic rings. The van der Waals surface area contributed by atoms with E-state index in [1.54, 1.807) is 24.3 Å².